The molecular weight excluding hydrogens is 236 g/mol. The van der Waals surface area contributed by atoms with Crippen LogP contribution in [0.2, 0.25) is 0 Å². The van der Waals surface area contributed by atoms with Crippen molar-refractivity contribution in [1.29, 1.82) is 0 Å². The first-order valence-corrected chi connectivity index (χ1v) is 7.86. The molecule has 3 nitrogen and oxygen atoms in total. The smallest absolute Gasteiger partial charge is 0.105 e. The van der Waals surface area contributed by atoms with E-state index in [1.54, 1.807) is 0 Å². The zero-order valence-corrected chi connectivity index (χ0v) is 12.0. The third-order valence-electron chi connectivity index (χ3n) is 4.09. The van der Waals surface area contributed by atoms with Gasteiger partial charge < -0.3 is 15.1 Å². The highest BCUT2D eigenvalue weighted by molar-refractivity contribution is 5.21. The van der Waals surface area contributed by atoms with E-state index in [4.69, 9.17) is 4.42 Å². The lowest BCUT2D eigenvalue weighted by molar-refractivity contribution is 0.468. The van der Waals surface area contributed by atoms with E-state index in [-0.39, 0.29) is 0 Å². The Balaban J connectivity index is 1.35. The molecular formula is C16H26N2O. The van der Waals surface area contributed by atoms with Gasteiger partial charge in [0.15, 0.2) is 0 Å². The van der Waals surface area contributed by atoms with Gasteiger partial charge in [-0.25, -0.2) is 0 Å². The maximum absolute atomic E-state index is 5.85. The van der Waals surface area contributed by atoms with Gasteiger partial charge in [-0.2, -0.15) is 0 Å². The predicted molar refractivity (Wildman–Crippen MR) is 77.3 cm³/mol. The highest BCUT2D eigenvalue weighted by atomic mass is 16.3. The zero-order valence-electron chi connectivity index (χ0n) is 12.0. The van der Waals surface area contributed by atoms with Crippen LogP contribution < -0.4 is 10.6 Å². The van der Waals surface area contributed by atoms with Crippen LogP contribution in [0.15, 0.2) is 10.5 Å². The quantitative estimate of drug-likeness (QED) is 0.672. The van der Waals surface area contributed by atoms with Gasteiger partial charge in [0.25, 0.3) is 0 Å². The van der Waals surface area contributed by atoms with E-state index in [9.17, 15) is 0 Å². The largest absolute Gasteiger partial charge is 0.466 e. The van der Waals surface area contributed by atoms with E-state index in [1.165, 1.54) is 50.6 Å². The van der Waals surface area contributed by atoms with Crippen LogP contribution in [0.4, 0.5) is 0 Å². The summed E-state index contributed by atoms with van der Waals surface area (Å²) in [6, 6.07) is 3.86. The third-order valence-corrected chi connectivity index (χ3v) is 4.09. The van der Waals surface area contributed by atoms with Gasteiger partial charge in [-0.1, -0.05) is 0 Å². The van der Waals surface area contributed by atoms with Crippen molar-refractivity contribution in [3.63, 3.8) is 0 Å². The summed E-state index contributed by atoms with van der Waals surface area (Å²) in [6.07, 6.45) is 9.02. The molecule has 0 atom stereocenters. The van der Waals surface area contributed by atoms with Crippen molar-refractivity contribution in [2.24, 2.45) is 0 Å². The minimum Gasteiger partial charge on any atom is -0.466 e. The van der Waals surface area contributed by atoms with Crippen molar-refractivity contribution in [3.8, 4) is 0 Å². The Kier molecular flexibility index (Phi) is 4.24. The number of nitrogens with one attached hydrogen (secondary N) is 2. The van der Waals surface area contributed by atoms with Crippen molar-refractivity contribution in [2.45, 2.75) is 70.5 Å². The molecule has 3 rings (SSSR count). The minimum atomic E-state index is 0.770. The molecule has 0 aromatic carbocycles. The topological polar surface area (TPSA) is 37.2 Å². The molecule has 0 saturated heterocycles. The monoisotopic (exact) mass is 262 g/mol. The van der Waals surface area contributed by atoms with Crippen LogP contribution in [0.25, 0.3) is 0 Å². The third kappa shape index (κ3) is 4.36. The summed E-state index contributed by atoms with van der Waals surface area (Å²) >= 11 is 0. The summed E-state index contributed by atoms with van der Waals surface area (Å²) in [7, 11) is 0. The Bertz CT molecular complexity index is 405. The summed E-state index contributed by atoms with van der Waals surface area (Å²) in [4.78, 5) is 0. The molecule has 2 saturated carbocycles. The van der Waals surface area contributed by atoms with Crippen LogP contribution >= 0.6 is 0 Å². The van der Waals surface area contributed by atoms with Crippen LogP contribution in [-0.4, -0.2) is 18.6 Å². The molecule has 0 unspecified atom stereocenters. The van der Waals surface area contributed by atoms with Crippen molar-refractivity contribution >= 4 is 0 Å². The van der Waals surface area contributed by atoms with Gasteiger partial charge in [0, 0.05) is 30.6 Å². The highest BCUT2D eigenvalue weighted by Crippen LogP contribution is 2.22. The summed E-state index contributed by atoms with van der Waals surface area (Å²) in [5, 5.41) is 7.11. The van der Waals surface area contributed by atoms with E-state index in [2.05, 4.69) is 23.6 Å². The maximum atomic E-state index is 5.85. The van der Waals surface area contributed by atoms with Gasteiger partial charge in [0.1, 0.15) is 11.5 Å². The molecule has 0 bridgehead atoms. The number of rotatable bonds is 9. The lowest BCUT2D eigenvalue weighted by Crippen LogP contribution is -2.17. The van der Waals surface area contributed by atoms with Crippen molar-refractivity contribution in [3.05, 3.63) is 23.2 Å². The average molecular weight is 262 g/mol. The van der Waals surface area contributed by atoms with Crippen LogP contribution in [0.5, 0.6) is 0 Å². The van der Waals surface area contributed by atoms with E-state index >= 15 is 0 Å². The molecule has 2 aliphatic carbocycles. The van der Waals surface area contributed by atoms with E-state index in [1.807, 2.05) is 0 Å². The summed E-state index contributed by atoms with van der Waals surface area (Å²) in [5.74, 6) is 2.26. The van der Waals surface area contributed by atoms with Crippen LogP contribution in [0.1, 0.15) is 55.6 Å². The Morgan fingerprint density at radius 2 is 1.84 bits per heavy atom. The Labute approximate surface area is 116 Å². The number of aryl methyl sites for hydroxylation is 2. The van der Waals surface area contributed by atoms with Crippen molar-refractivity contribution in [1.82, 2.24) is 10.6 Å². The van der Waals surface area contributed by atoms with E-state index in [0.29, 0.717) is 0 Å². The van der Waals surface area contributed by atoms with Gasteiger partial charge >= 0.3 is 0 Å². The van der Waals surface area contributed by atoms with Crippen LogP contribution in [0.3, 0.4) is 0 Å². The SMILES string of the molecule is Cc1oc(CCCCNC2CC2)cc1CNC1CC1. The second-order valence-electron chi connectivity index (χ2n) is 6.13. The molecule has 0 aliphatic heterocycles. The normalized spacial score (nSPS) is 19.0. The molecule has 2 fully saturated rings. The maximum Gasteiger partial charge on any atom is 0.105 e. The first kappa shape index (κ1) is 13.2. The molecule has 0 spiro atoms. The predicted octanol–water partition coefficient (Wildman–Crippen LogP) is 2.91. The van der Waals surface area contributed by atoms with Crippen molar-refractivity contribution in [2.75, 3.05) is 6.54 Å². The first-order valence-electron chi connectivity index (χ1n) is 7.86. The van der Waals surface area contributed by atoms with Gasteiger partial charge in [-0.05, 0) is 58.1 Å². The fourth-order valence-corrected chi connectivity index (χ4v) is 2.45. The zero-order chi connectivity index (χ0) is 13.1. The first-order chi connectivity index (χ1) is 9.31. The Morgan fingerprint density at radius 1 is 1.11 bits per heavy atom. The summed E-state index contributed by atoms with van der Waals surface area (Å²) in [5.41, 5.74) is 1.35. The van der Waals surface area contributed by atoms with Crippen LogP contribution in [0, 0.1) is 6.92 Å². The van der Waals surface area contributed by atoms with Gasteiger partial charge in [-0.15, -0.1) is 0 Å². The molecule has 1 aromatic heterocycles. The Morgan fingerprint density at radius 3 is 2.58 bits per heavy atom. The van der Waals surface area contributed by atoms with Crippen molar-refractivity contribution < 1.29 is 4.42 Å². The number of unbranched alkanes of at least 4 members (excludes halogenated alkanes) is 1. The molecule has 2 aliphatic rings. The second-order valence-corrected chi connectivity index (χ2v) is 6.13. The molecule has 1 aromatic rings. The summed E-state index contributed by atoms with van der Waals surface area (Å²) < 4.78 is 5.85. The lowest BCUT2D eigenvalue weighted by atomic mass is 10.1. The number of hydrogen-bond donors (Lipinski definition) is 2. The molecule has 3 heteroatoms. The fraction of sp³-hybridized carbons (Fsp3) is 0.750. The minimum absolute atomic E-state index is 0.770. The molecule has 0 amide bonds. The van der Waals surface area contributed by atoms with Crippen LogP contribution in [-0.2, 0) is 13.0 Å². The molecule has 0 radical (unpaired) electrons. The van der Waals surface area contributed by atoms with Gasteiger partial charge in [0.05, 0.1) is 0 Å². The van der Waals surface area contributed by atoms with E-state index < -0.39 is 0 Å². The average Bonchev–Trinajstić information content (AvgIpc) is 3.28. The molecule has 1 heterocycles. The van der Waals surface area contributed by atoms with E-state index in [0.717, 1.165) is 36.6 Å². The van der Waals surface area contributed by atoms with Gasteiger partial charge in [-0.3, -0.25) is 0 Å². The lowest BCUT2D eigenvalue weighted by Gasteiger charge is -2.01. The number of furan rings is 1. The summed E-state index contributed by atoms with van der Waals surface area (Å²) in [6.45, 7) is 4.23. The second kappa shape index (κ2) is 6.10. The molecule has 19 heavy (non-hydrogen) atoms. The molecule has 2 N–H and O–H groups in total. The number of hydrogen-bond acceptors (Lipinski definition) is 3. The van der Waals surface area contributed by atoms with Gasteiger partial charge in [0.2, 0.25) is 0 Å². The fourth-order valence-electron chi connectivity index (χ4n) is 2.45. The standard InChI is InChI=1S/C16H26N2O/c1-12-13(11-18-15-7-8-15)10-16(19-12)4-2-3-9-17-14-5-6-14/h10,14-15,17-18H,2-9,11H2,1H3. The highest BCUT2D eigenvalue weighted by Gasteiger charge is 2.21. The molecule has 106 valence electrons. The Hall–Kier alpha value is -0.800.